The van der Waals surface area contributed by atoms with E-state index in [-0.39, 0.29) is 17.2 Å². The number of nitrogens with one attached hydrogen (secondary N) is 1. The molecule has 7 nitrogen and oxygen atoms in total. The molecule has 2 aromatic rings. The second kappa shape index (κ2) is 7.59. The molecule has 0 aliphatic heterocycles. The topological polar surface area (TPSA) is 101 Å². The molecule has 2 rings (SSSR count). The van der Waals surface area contributed by atoms with E-state index in [2.05, 4.69) is 9.82 Å². The standard InChI is InChI=1S/C16H21N3O4S/c1-12(2)8-15(16(20)21)18-24(22,23)14-9-17-19(11-14)10-13-6-4-3-5-7-13/h3-7,9,11-12,15,18H,8,10H2,1-2H3,(H,20,21)/t15-/m0/s1. The van der Waals surface area contributed by atoms with Crippen LogP contribution in [0.3, 0.4) is 0 Å². The predicted molar refractivity (Wildman–Crippen MR) is 89.0 cm³/mol. The fourth-order valence-corrected chi connectivity index (χ4v) is 3.42. The van der Waals surface area contributed by atoms with Gasteiger partial charge in [0.1, 0.15) is 10.9 Å². The molecule has 8 heteroatoms. The minimum absolute atomic E-state index is 0.0477. The highest BCUT2D eigenvalue weighted by Gasteiger charge is 2.27. The van der Waals surface area contributed by atoms with Crippen LogP contribution in [-0.2, 0) is 21.4 Å². The van der Waals surface area contributed by atoms with E-state index in [1.807, 2.05) is 44.2 Å². The lowest BCUT2D eigenvalue weighted by Crippen LogP contribution is -2.41. The summed E-state index contributed by atoms with van der Waals surface area (Å²) < 4.78 is 28.5. The van der Waals surface area contributed by atoms with Crippen molar-refractivity contribution in [3.05, 3.63) is 48.3 Å². The van der Waals surface area contributed by atoms with E-state index < -0.39 is 22.0 Å². The lowest BCUT2D eigenvalue weighted by atomic mass is 10.1. The molecule has 0 fully saturated rings. The van der Waals surface area contributed by atoms with Gasteiger partial charge in [0.2, 0.25) is 10.0 Å². The molecule has 24 heavy (non-hydrogen) atoms. The van der Waals surface area contributed by atoms with Crippen LogP contribution in [0.25, 0.3) is 0 Å². The Labute approximate surface area is 141 Å². The van der Waals surface area contributed by atoms with Crippen LogP contribution >= 0.6 is 0 Å². The first kappa shape index (κ1) is 18.2. The monoisotopic (exact) mass is 351 g/mol. The summed E-state index contributed by atoms with van der Waals surface area (Å²) in [6.45, 7) is 4.11. The smallest absolute Gasteiger partial charge is 0.321 e. The number of aliphatic carboxylic acids is 1. The van der Waals surface area contributed by atoms with Gasteiger partial charge in [0.15, 0.2) is 0 Å². The van der Waals surface area contributed by atoms with E-state index in [0.29, 0.717) is 6.54 Å². The van der Waals surface area contributed by atoms with Crippen molar-refractivity contribution >= 4 is 16.0 Å². The maximum Gasteiger partial charge on any atom is 0.321 e. The lowest BCUT2D eigenvalue weighted by Gasteiger charge is -2.15. The molecule has 0 saturated carbocycles. The first-order valence-electron chi connectivity index (χ1n) is 7.59. The van der Waals surface area contributed by atoms with E-state index >= 15 is 0 Å². The van der Waals surface area contributed by atoms with Gasteiger partial charge >= 0.3 is 5.97 Å². The van der Waals surface area contributed by atoms with Crippen molar-refractivity contribution in [1.29, 1.82) is 0 Å². The molecule has 1 aromatic carbocycles. The Morgan fingerprint density at radius 2 is 1.96 bits per heavy atom. The molecular formula is C16H21N3O4S. The predicted octanol–water partition coefficient (Wildman–Crippen LogP) is 1.71. The number of aromatic nitrogens is 2. The third-order valence-corrected chi connectivity index (χ3v) is 4.84. The lowest BCUT2D eigenvalue weighted by molar-refractivity contribution is -0.139. The van der Waals surface area contributed by atoms with E-state index in [9.17, 15) is 18.3 Å². The molecule has 1 heterocycles. The summed E-state index contributed by atoms with van der Waals surface area (Å²) in [7, 11) is -3.94. The average molecular weight is 351 g/mol. The van der Waals surface area contributed by atoms with Crippen LogP contribution in [0.2, 0.25) is 0 Å². The summed E-state index contributed by atoms with van der Waals surface area (Å²) in [5.74, 6) is -1.14. The van der Waals surface area contributed by atoms with Crippen LogP contribution in [0, 0.1) is 5.92 Å². The SMILES string of the molecule is CC(C)C[C@H](NS(=O)(=O)c1cnn(Cc2ccccc2)c1)C(=O)O. The average Bonchev–Trinajstić information content (AvgIpc) is 2.96. The summed E-state index contributed by atoms with van der Waals surface area (Å²) in [5.41, 5.74) is 0.987. The number of carboxylic acid groups (broad SMARTS) is 1. The van der Waals surface area contributed by atoms with E-state index in [1.165, 1.54) is 17.1 Å². The van der Waals surface area contributed by atoms with Crippen molar-refractivity contribution in [2.24, 2.45) is 5.92 Å². The molecule has 0 aliphatic rings. The zero-order chi connectivity index (χ0) is 17.7. The number of carboxylic acids is 1. The van der Waals surface area contributed by atoms with Crippen LogP contribution < -0.4 is 4.72 Å². The highest BCUT2D eigenvalue weighted by molar-refractivity contribution is 7.89. The number of carbonyl (C=O) groups is 1. The molecule has 0 unspecified atom stereocenters. The molecule has 0 radical (unpaired) electrons. The molecule has 0 aliphatic carbocycles. The number of hydrogen-bond acceptors (Lipinski definition) is 4. The van der Waals surface area contributed by atoms with Crippen molar-refractivity contribution in [3.63, 3.8) is 0 Å². The molecule has 2 N–H and O–H groups in total. The minimum Gasteiger partial charge on any atom is -0.480 e. The zero-order valence-electron chi connectivity index (χ0n) is 13.6. The molecular weight excluding hydrogens is 330 g/mol. The van der Waals surface area contributed by atoms with Crippen LogP contribution in [0.1, 0.15) is 25.8 Å². The number of rotatable bonds is 8. The molecule has 0 saturated heterocycles. The fraction of sp³-hybridized carbons (Fsp3) is 0.375. The highest BCUT2D eigenvalue weighted by Crippen LogP contribution is 2.13. The van der Waals surface area contributed by atoms with Crippen LogP contribution in [-0.4, -0.2) is 35.3 Å². The molecule has 1 atom stereocenters. The molecule has 0 bridgehead atoms. The highest BCUT2D eigenvalue weighted by atomic mass is 32.2. The van der Waals surface area contributed by atoms with Crippen molar-refractivity contribution in [2.45, 2.75) is 37.8 Å². The van der Waals surface area contributed by atoms with Crippen molar-refractivity contribution in [3.8, 4) is 0 Å². The zero-order valence-corrected chi connectivity index (χ0v) is 14.4. The second-order valence-corrected chi connectivity index (χ2v) is 7.71. The minimum atomic E-state index is -3.94. The summed E-state index contributed by atoms with van der Waals surface area (Å²) in [6, 6.07) is 8.34. The van der Waals surface area contributed by atoms with Gasteiger partial charge < -0.3 is 5.11 Å². The Bertz CT molecular complexity index is 785. The Balaban J connectivity index is 2.13. The molecule has 1 aromatic heterocycles. The van der Waals surface area contributed by atoms with Crippen molar-refractivity contribution in [2.75, 3.05) is 0 Å². The first-order chi connectivity index (χ1) is 11.3. The maximum atomic E-state index is 12.4. The van der Waals surface area contributed by atoms with Crippen molar-refractivity contribution in [1.82, 2.24) is 14.5 Å². The maximum absolute atomic E-state index is 12.4. The van der Waals surface area contributed by atoms with E-state index in [1.54, 1.807) is 0 Å². The normalized spacial score (nSPS) is 13.1. The Hall–Kier alpha value is -2.19. The third-order valence-electron chi connectivity index (χ3n) is 3.41. The van der Waals surface area contributed by atoms with Crippen molar-refractivity contribution < 1.29 is 18.3 Å². The Morgan fingerprint density at radius 1 is 1.29 bits per heavy atom. The van der Waals surface area contributed by atoms with Gasteiger partial charge in [0, 0.05) is 6.20 Å². The van der Waals surface area contributed by atoms with Gasteiger partial charge in [-0.25, -0.2) is 8.42 Å². The van der Waals surface area contributed by atoms with Crippen LogP contribution in [0.4, 0.5) is 0 Å². The van der Waals surface area contributed by atoms with Gasteiger partial charge in [-0.1, -0.05) is 44.2 Å². The molecule has 0 spiro atoms. The first-order valence-corrected chi connectivity index (χ1v) is 9.08. The number of nitrogens with zero attached hydrogens (tertiary/aromatic N) is 2. The van der Waals surface area contributed by atoms with Gasteiger partial charge in [-0.3, -0.25) is 9.48 Å². The van der Waals surface area contributed by atoms with Crippen LogP contribution in [0.15, 0.2) is 47.6 Å². The third kappa shape index (κ3) is 4.90. The number of benzene rings is 1. The van der Waals surface area contributed by atoms with Gasteiger partial charge in [-0.15, -0.1) is 0 Å². The van der Waals surface area contributed by atoms with Gasteiger partial charge in [0.25, 0.3) is 0 Å². The van der Waals surface area contributed by atoms with Gasteiger partial charge in [-0.2, -0.15) is 9.82 Å². The molecule has 130 valence electrons. The van der Waals surface area contributed by atoms with E-state index in [0.717, 1.165) is 5.56 Å². The summed E-state index contributed by atoms with van der Waals surface area (Å²) in [5, 5.41) is 13.2. The van der Waals surface area contributed by atoms with Crippen LogP contribution in [0.5, 0.6) is 0 Å². The van der Waals surface area contributed by atoms with Gasteiger partial charge in [0.05, 0.1) is 12.7 Å². The largest absolute Gasteiger partial charge is 0.480 e. The summed E-state index contributed by atoms with van der Waals surface area (Å²) >= 11 is 0. The Morgan fingerprint density at radius 3 is 2.54 bits per heavy atom. The summed E-state index contributed by atoms with van der Waals surface area (Å²) in [6.07, 6.45) is 2.83. The quantitative estimate of drug-likeness (QED) is 0.754. The van der Waals surface area contributed by atoms with E-state index in [4.69, 9.17) is 0 Å². The Kier molecular flexibility index (Phi) is 5.74. The number of hydrogen-bond donors (Lipinski definition) is 2. The fourth-order valence-electron chi connectivity index (χ4n) is 2.27. The summed E-state index contributed by atoms with van der Waals surface area (Å²) in [4.78, 5) is 11.2. The van der Waals surface area contributed by atoms with Gasteiger partial charge in [-0.05, 0) is 17.9 Å². The molecule has 0 amide bonds. The second-order valence-electron chi connectivity index (χ2n) is 6.00. The number of sulfonamides is 1.